The zero-order valence-corrected chi connectivity index (χ0v) is 12.1. The Morgan fingerprint density at radius 1 is 0.591 bits per heavy atom. The molecule has 0 aliphatic rings. The Kier molecular flexibility index (Phi) is 4.01. The second-order valence-electron chi connectivity index (χ2n) is 5.08. The molecule has 0 atom stereocenters. The van der Waals surface area contributed by atoms with Crippen LogP contribution >= 0.6 is 0 Å². The highest BCUT2D eigenvalue weighted by atomic mass is 16.1. The summed E-state index contributed by atoms with van der Waals surface area (Å²) < 4.78 is 0. The summed E-state index contributed by atoms with van der Waals surface area (Å²) in [6, 6.07) is 29.9. The number of nitrogens with one attached hydrogen (secondary N) is 1. The zero-order chi connectivity index (χ0) is 15.3. The van der Waals surface area contributed by atoms with Crippen molar-refractivity contribution in [2.45, 2.75) is 5.54 Å². The Balaban J connectivity index is 2.31. The van der Waals surface area contributed by atoms with Gasteiger partial charge in [0.05, 0.1) is 0 Å². The minimum atomic E-state index is -0.745. The van der Waals surface area contributed by atoms with Gasteiger partial charge in [0.25, 0.3) is 0 Å². The van der Waals surface area contributed by atoms with Gasteiger partial charge in [0, 0.05) is 0 Å². The minimum Gasteiger partial charge on any atom is -0.330 e. The highest BCUT2D eigenvalue weighted by molar-refractivity contribution is 5.59. The van der Waals surface area contributed by atoms with Crippen LogP contribution in [-0.4, -0.2) is 6.41 Å². The van der Waals surface area contributed by atoms with Gasteiger partial charge < -0.3 is 5.32 Å². The number of hydrogen-bond acceptors (Lipinski definition) is 1. The molecule has 0 aromatic heterocycles. The van der Waals surface area contributed by atoms with Crippen LogP contribution in [0.25, 0.3) is 0 Å². The van der Waals surface area contributed by atoms with Gasteiger partial charge in [-0.2, -0.15) is 0 Å². The molecule has 2 nitrogen and oxygen atoms in total. The molecule has 1 radical (unpaired) electrons. The van der Waals surface area contributed by atoms with Crippen molar-refractivity contribution in [3.05, 3.63) is 108 Å². The maximum absolute atomic E-state index is 11.3. The largest absolute Gasteiger partial charge is 0.330 e. The summed E-state index contributed by atoms with van der Waals surface area (Å²) in [7, 11) is 0. The molecule has 0 aliphatic carbocycles. The molecule has 0 saturated carbocycles. The molecule has 1 N–H and O–H groups in total. The predicted octanol–water partition coefficient (Wildman–Crippen LogP) is 3.64. The molecule has 0 fully saturated rings. The summed E-state index contributed by atoms with van der Waals surface area (Å²) in [5, 5.41) is 2.94. The third-order valence-corrected chi connectivity index (χ3v) is 3.86. The van der Waals surface area contributed by atoms with Crippen LogP contribution in [0.3, 0.4) is 0 Å². The van der Waals surface area contributed by atoms with Crippen molar-refractivity contribution < 1.29 is 4.79 Å². The number of amides is 1. The first-order valence-corrected chi connectivity index (χ1v) is 7.19. The van der Waals surface area contributed by atoms with Gasteiger partial charge >= 0.3 is 6.41 Å². The lowest BCUT2D eigenvalue weighted by molar-refractivity contribution is 0.498. The fourth-order valence-corrected chi connectivity index (χ4v) is 2.86. The quantitative estimate of drug-likeness (QED) is 0.563. The second kappa shape index (κ2) is 6.27. The Bertz CT molecular complexity index is 627. The van der Waals surface area contributed by atoms with Gasteiger partial charge in [0.1, 0.15) is 5.54 Å². The molecule has 0 aliphatic heterocycles. The first-order chi connectivity index (χ1) is 10.9. The van der Waals surface area contributed by atoms with Crippen molar-refractivity contribution in [3.63, 3.8) is 0 Å². The van der Waals surface area contributed by atoms with Crippen molar-refractivity contribution in [1.29, 1.82) is 0 Å². The lowest BCUT2D eigenvalue weighted by Gasteiger charge is -2.35. The predicted molar refractivity (Wildman–Crippen MR) is 88.0 cm³/mol. The molecule has 22 heavy (non-hydrogen) atoms. The van der Waals surface area contributed by atoms with Gasteiger partial charge in [-0.25, -0.2) is 0 Å². The number of carbonyl (C=O) groups excluding carboxylic acids is 1. The summed E-state index contributed by atoms with van der Waals surface area (Å²) >= 11 is 0. The average molecular weight is 286 g/mol. The molecular formula is C20H16NO. The van der Waals surface area contributed by atoms with Crippen molar-refractivity contribution in [2.24, 2.45) is 0 Å². The van der Waals surface area contributed by atoms with Crippen LogP contribution in [-0.2, 0) is 10.3 Å². The number of hydrogen-bond donors (Lipinski definition) is 1. The van der Waals surface area contributed by atoms with Crippen molar-refractivity contribution >= 4 is 6.41 Å². The molecule has 107 valence electrons. The Hall–Kier alpha value is -2.87. The average Bonchev–Trinajstić information content (AvgIpc) is 2.62. The molecule has 0 spiro atoms. The van der Waals surface area contributed by atoms with E-state index in [4.69, 9.17) is 0 Å². The molecular weight excluding hydrogens is 270 g/mol. The molecule has 0 heterocycles. The highest BCUT2D eigenvalue weighted by Gasteiger charge is 2.35. The fraction of sp³-hybridized carbons (Fsp3) is 0.0500. The van der Waals surface area contributed by atoms with E-state index in [1.54, 1.807) is 0 Å². The molecule has 3 aromatic carbocycles. The van der Waals surface area contributed by atoms with Crippen molar-refractivity contribution in [1.82, 2.24) is 5.32 Å². The third-order valence-electron chi connectivity index (χ3n) is 3.86. The Labute approximate surface area is 130 Å². The summed E-state index contributed by atoms with van der Waals surface area (Å²) in [4.78, 5) is 11.3. The van der Waals surface area contributed by atoms with Gasteiger partial charge in [-0.3, -0.25) is 4.79 Å². The molecule has 0 saturated heterocycles. The van der Waals surface area contributed by atoms with Crippen molar-refractivity contribution in [2.75, 3.05) is 0 Å². The standard InChI is InChI=1S/C20H16NO/c22-16-21-20(17-10-4-1-5-11-17,18-12-6-2-7-13-18)19-14-8-3-9-15-19/h1-15H,(H,21,22). The van der Waals surface area contributed by atoms with Crippen molar-refractivity contribution in [3.8, 4) is 0 Å². The van der Waals surface area contributed by atoms with Crippen LogP contribution in [0.4, 0.5) is 0 Å². The van der Waals surface area contributed by atoms with Crippen LogP contribution in [0.1, 0.15) is 16.7 Å². The fourth-order valence-electron chi connectivity index (χ4n) is 2.86. The van der Waals surface area contributed by atoms with E-state index in [-0.39, 0.29) is 0 Å². The maximum atomic E-state index is 11.3. The summed E-state index contributed by atoms with van der Waals surface area (Å²) in [5.41, 5.74) is 2.24. The third kappa shape index (κ3) is 2.40. The zero-order valence-electron chi connectivity index (χ0n) is 12.1. The van der Waals surface area contributed by atoms with Crippen LogP contribution in [0, 0.1) is 0 Å². The van der Waals surface area contributed by atoms with Gasteiger partial charge in [-0.1, -0.05) is 91.0 Å². The van der Waals surface area contributed by atoms with Gasteiger partial charge in [-0.15, -0.1) is 0 Å². The number of rotatable bonds is 5. The van der Waals surface area contributed by atoms with E-state index < -0.39 is 5.54 Å². The van der Waals surface area contributed by atoms with Crippen LogP contribution in [0.2, 0.25) is 0 Å². The van der Waals surface area contributed by atoms with E-state index in [9.17, 15) is 4.79 Å². The van der Waals surface area contributed by atoms with E-state index in [1.807, 2.05) is 97.4 Å². The lowest BCUT2D eigenvalue weighted by atomic mass is 9.77. The van der Waals surface area contributed by atoms with Crippen LogP contribution < -0.4 is 5.32 Å². The SMILES string of the molecule is O=[C]NC(c1ccccc1)(c1ccccc1)c1ccccc1. The first-order valence-electron chi connectivity index (χ1n) is 7.19. The maximum Gasteiger partial charge on any atom is 0.310 e. The summed E-state index contributed by atoms with van der Waals surface area (Å²) in [5.74, 6) is 0. The molecule has 1 amide bonds. The topological polar surface area (TPSA) is 29.1 Å². The van der Waals surface area contributed by atoms with Crippen LogP contribution in [0.15, 0.2) is 91.0 Å². The molecule has 0 bridgehead atoms. The molecule has 3 aromatic rings. The smallest absolute Gasteiger partial charge is 0.310 e. The van der Waals surface area contributed by atoms with E-state index in [1.165, 1.54) is 0 Å². The first kappa shape index (κ1) is 14.1. The van der Waals surface area contributed by atoms with E-state index >= 15 is 0 Å². The molecule has 2 heteroatoms. The lowest BCUT2D eigenvalue weighted by Crippen LogP contribution is -2.43. The minimum absolute atomic E-state index is 0.745. The Morgan fingerprint density at radius 3 is 1.18 bits per heavy atom. The summed E-state index contributed by atoms with van der Waals surface area (Å²) in [6.07, 6.45) is 1.90. The van der Waals surface area contributed by atoms with Crippen LogP contribution in [0.5, 0.6) is 0 Å². The van der Waals surface area contributed by atoms with E-state index in [0.29, 0.717) is 0 Å². The highest BCUT2D eigenvalue weighted by Crippen LogP contribution is 2.36. The van der Waals surface area contributed by atoms with E-state index in [2.05, 4.69) is 5.32 Å². The molecule has 3 rings (SSSR count). The second-order valence-corrected chi connectivity index (χ2v) is 5.08. The molecule has 0 unspecified atom stereocenters. The van der Waals surface area contributed by atoms with Gasteiger partial charge in [0.15, 0.2) is 0 Å². The van der Waals surface area contributed by atoms with E-state index in [0.717, 1.165) is 16.7 Å². The van der Waals surface area contributed by atoms with Gasteiger partial charge in [0.2, 0.25) is 0 Å². The summed E-state index contributed by atoms with van der Waals surface area (Å²) in [6.45, 7) is 0. The van der Waals surface area contributed by atoms with Gasteiger partial charge in [-0.05, 0) is 16.7 Å². The number of benzene rings is 3. The monoisotopic (exact) mass is 286 g/mol. The Morgan fingerprint density at radius 2 is 0.909 bits per heavy atom. The normalized spacial score (nSPS) is 10.9.